The molecule has 1 aromatic rings. The summed E-state index contributed by atoms with van der Waals surface area (Å²) in [5, 5.41) is 0. The average molecular weight is 437 g/mol. The number of amides is 1. The fourth-order valence-electron chi connectivity index (χ4n) is 4.39. The van der Waals surface area contributed by atoms with Crippen LogP contribution in [0.4, 0.5) is 5.69 Å². The monoisotopic (exact) mass is 436 g/mol. The molecule has 1 atom stereocenters. The standard InChI is InChI=1S/C25H28N2O3S/c1-3-4-5-9-14-26(16-19-17-27-20(19)12-13-23(27)28)21-15-22(18-10-7-6-8-11-18)31-24(21)25(29)30-2/h3,9-10,15-16,20H,6-8,11-14,17H2,1-2H3/b9-3?,19-16+. The van der Waals surface area contributed by atoms with Crippen LogP contribution in [0.1, 0.15) is 60.0 Å². The minimum Gasteiger partial charge on any atom is -0.465 e. The zero-order chi connectivity index (χ0) is 21.8. The Hall–Kier alpha value is -2.78. The van der Waals surface area contributed by atoms with Gasteiger partial charge in [0.15, 0.2) is 0 Å². The molecule has 0 aromatic carbocycles. The highest BCUT2D eigenvalue weighted by molar-refractivity contribution is 7.15. The van der Waals surface area contributed by atoms with Gasteiger partial charge in [0.1, 0.15) is 4.88 Å². The van der Waals surface area contributed by atoms with Gasteiger partial charge in [0.25, 0.3) is 0 Å². The lowest BCUT2D eigenvalue weighted by molar-refractivity contribution is -0.130. The number of anilines is 1. The van der Waals surface area contributed by atoms with Crippen molar-refractivity contribution < 1.29 is 14.3 Å². The maximum atomic E-state index is 12.6. The number of hydrogen-bond acceptors (Lipinski definition) is 5. The number of esters is 1. The normalized spacial score (nSPS) is 20.9. The molecule has 4 rings (SSSR count). The number of carbonyl (C=O) groups excluding carboxylic acids is 2. The molecule has 3 aliphatic rings. The molecular weight excluding hydrogens is 408 g/mol. The number of nitrogens with zero attached hydrogens (tertiary/aromatic N) is 2. The quantitative estimate of drug-likeness (QED) is 0.461. The molecule has 2 fully saturated rings. The van der Waals surface area contributed by atoms with Crippen LogP contribution in [0.3, 0.4) is 0 Å². The molecule has 1 amide bonds. The number of thiophene rings is 1. The van der Waals surface area contributed by atoms with Crippen molar-refractivity contribution in [3.05, 3.63) is 57.3 Å². The van der Waals surface area contributed by atoms with Crippen molar-refractivity contribution in [2.45, 2.75) is 51.5 Å². The molecule has 3 heterocycles. The summed E-state index contributed by atoms with van der Waals surface area (Å²) in [7, 11) is 1.43. The highest BCUT2D eigenvalue weighted by atomic mass is 32.1. The molecular formula is C25H28N2O3S. The average Bonchev–Trinajstić information content (AvgIpc) is 3.34. The fourth-order valence-corrected chi connectivity index (χ4v) is 5.55. The molecule has 5 nitrogen and oxygen atoms in total. The molecule has 0 N–H and O–H groups in total. The lowest BCUT2D eigenvalue weighted by atomic mass is 9.97. The summed E-state index contributed by atoms with van der Waals surface area (Å²) in [5.41, 5.74) is 9.40. The number of fused-ring (bicyclic) bond motifs is 1. The minimum atomic E-state index is -0.315. The Balaban J connectivity index is 1.71. The first-order valence-electron chi connectivity index (χ1n) is 10.9. The second-order valence-corrected chi connectivity index (χ2v) is 9.06. The van der Waals surface area contributed by atoms with E-state index in [2.05, 4.69) is 34.7 Å². The Kier molecular flexibility index (Phi) is 6.62. The molecule has 162 valence electrons. The smallest absolute Gasteiger partial charge is 0.350 e. The molecule has 0 radical (unpaired) electrons. The summed E-state index contributed by atoms with van der Waals surface area (Å²) in [5.74, 6) is -0.0766. The molecule has 2 aliphatic heterocycles. The van der Waals surface area contributed by atoms with Gasteiger partial charge in [-0.25, -0.2) is 4.79 Å². The van der Waals surface area contributed by atoms with Gasteiger partial charge in [-0.2, -0.15) is 0 Å². The van der Waals surface area contributed by atoms with E-state index >= 15 is 0 Å². The van der Waals surface area contributed by atoms with E-state index in [1.165, 1.54) is 42.4 Å². The fraction of sp³-hybridized carbons (Fsp3) is 0.440. The Morgan fingerprint density at radius 2 is 2.23 bits per heavy atom. The van der Waals surface area contributed by atoms with E-state index in [9.17, 15) is 9.59 Å². The van der Waals surface area contributed by atoms with Crippen LogP contribution in [0, 0.1) is 0 Å². The van der Waals surface area contributed by atoms with Gasteiger partial charge >= 0.3 is 5.97 Å². The van der Waals surface area contributed by atoms with Crippen LogP contribution in [-0.4, -0.2) is 43.0 Å². The molecule has 0 saturated carbocycles. The van der Waals surface area contributed by atoms with E-state index in [1.807, 2.05) is 24.0 Å². The van der Waals surface area contributed by atoms with Gasteiger partial charge in [-0.05, 0) is 68.4 Å². The lowest BCUT2D eigenvalue weighted by Crippen LogP contribution is -2.48. The van der Waals surface area contributed by atoms with Crippen LogP contribution in [0.2, 0.25) is 0 Å². The van der Waals surface area contributed by atoms with Gasteiger partial charge in [0.05, 0.1) is 18.8 Å². The maximum absolute atomic E-state index is 12.6. The number of allylic oxidation sites excluding steroid dienone is 3. The number of ether oxygens (including phenoxy) is 1. The molecule has 31 heavy (non-hydrogen) atoms. The predicted octanol–water partition coefficient (Wildman–Crippen LogP) is 5.07. The first kappa shape index (κ1) is 21.5. The van der Waals surface area contributed by atoms with E-state index in [4.69, 9.17) is 4.74 Å². The number of methoxy groups -OCH3 is 1. The van der Waals surface area contributed by atoms with Crippen LogP contribution in [0.15, 0.2) is 47.5 Å². The van der Waals surface area contributed by atoms with Crippen molar-refractivity contribution >= 4 is 34.5 Å². The van der Waals surface area contributed by atoms with E-state index in [0.29, 0.717) is 24.4 Å². The van der Waals surface area contributed by atoms with Gasteiger partial charge in [-0.15, -0.1) is 11.3 Å². The van der Waals surface area contributed by atoms with Crippen molar-refractivity contribution in [1.29, 1.82) is 0 Å². The largest absolute Gasteiger partial charge is 0.465 e. The summed E-state index contributed by atoms with van der Waals surface area (Å²) in [6, 6.07) is 2.32. The Morgan fingerprint density at radius 3 is 2.94 bits per heavy atom. The summed E-state index contributed by atoms with van der Waals surface area (Å²) in [4.78, 5) is 30.3. The van der Waals surface area contributed by atoms with Crippen LogP contribution in [-0.2, 0) is 9.53 Å². The molecule has 0 bridgehead atoms. The van der Waals surface area contributed by atoms with Gasteiger partial charge in [0, 0.05) is 30.6 Å². The molecule has 1 unspecified atom stereocenters. The van der Waals surface area contributed by atoms with E-state index in [-0.39, 0.29) is 17.9 Å². The second-order valence-electron chi connectivity index (χ2n) is 8.01. The molecule has 1 aliphatic carbocycles. The van der Waals surface area contributed by atoms with Gasteiger partial charge < -0.3 is 14.5 Å². The zero-order valence-electron chi connectivity index (χ0n) is 18.1. The van der Waals surface area contributed by atoms with Gasteiger partial charge in [0.2, 0.25) is 5.91 Å². The molecule has 1 aromatic heterocycles. The van der Waals surface area contributed by atoms with Crippen molar-refractivity contribution in [3.63, 3.8) is 0 Å². The van der Waals surface area contributed by atoms with Crippen molar-refractivity contribution in [2.24, 2.45) is 0 Å². The van der Waals surface area contributed by atoms with Gasteiger partial charge in [-0.3, -0.25) is 4.79 Å². The Bertz CT molecular complexity index is 1040. The summed E-state index contributed by atoms with van der Waals surface area (Å²) >= 11 is 1.51. The second kappa shape index (κ2) is 9.57. The molecule has 0 spiro atoms. The summed E-state index contributed by atoms with van der Waals surface area (Å²) in [6.07, 6.45) is 14.2. The van der Waals surface area contributed by atoms with Crippen LogP contribution >= 0.6 is 11.3 Å². The first-order valence-corrected chi connectivity index (χ1v) is 11.7. The lowest BCUT2D eigenvalue weighted by Gasteiger charge is -2.39. The number of rotatable bonds is 6. The third-order valence-corrected chi connectivity index (χ3v) is 7.23. The van der Waals surface area contributed by atoms with Crippen LogP contribution in [0.5, 0.6) is 0 Å². The predicted molar refractivity (Wildman–Crippen MR) is 124 cm³/mol. The summed E-state index contributed by atoms with van der Waals surface area (Å²) < 4.78 is 5.11. The van der Waals surface area contributed by atoms with Crippen molar-refractivity contribution in [1.82, 2.24) is 4.90 Å². The molecule has 6 heteroatoms. The topological polar surface area (TPSA) is 49.9 Å². The number of carbonyl (C=O) groups is 2. The third kappa shape index (κ3) is 4.47. The highest BCUT2D eigenvalue weighted by Crippen LogP contribution is 2.40. The van der Waals surface area contributed by atoms with E-state index in [1.54, 1.807) is 0 Å². The Labute approximate surface area is 187 Å². The van der Waals surface area contributed by atoms with Crippen molar-refractivity contribution in [3.8, 4) is 0 Å². The van der Waals surface area contributed by atoms with Gasteiger partial charge in [-0.1, -0.05) is 17.5 Å². The van der Waals surface area contributed by atoms with Crippen molar-refractivity contribution in [2.75, 3.05) is 25.1 Å². The number of hydrogen-bond donors (Lipinski definition) is 0. The van der Waals surface area contributed by atoms with E-state index in [0.717, 1.165) is 29.8 Å². The first-order chi connectivity index (χ1) is 15.1. The maximum Gasteiger partial charge on any atom is 0.350 e. The van der Waals surface area contributed by atoms with E-state index < -0.39 is 0 Å². The zero-order valence-corrected chi connectivity index (χ0v) is 19.0. The SMILES string of the molecule is CC=C=C=CCN(/C=C1\CN2C(=O)CCC12)c1cc(C2=CCCCC2)sc1C(=O)OC. The minimum absolute atomic E-state index is 0.200. The summed E-state index contributed by atoms with van der Waals surface area (Å²) in [6.45, 7) is 3.13. The highest BCUT2D eigenvalue weighted by Gasteiger charge is 2.42. The molecule has 2 saturated heterocycles. The van der Waals surface area contributed by atoms with Crippen LogP contribution in [0.25, 0.3) is 5.57 Å². The Morgan fingerprint density at radius 1 is 1.35 bits per heavy atom. The van der Waals surface area contributed by atoms with Crippen LogP contribution < -0.4 is 4.90 Å². The third-order valence-electron chi connectivity index (χ3n) is 6.05.